The molecule has 0 aromatic heterocycles. The van der Waals surface area contributed by atoms with E-state index in [2.05, 4.69) is 10.6 Å². The van der Waals surface area contributed by atoms with E-state index in [1.165, 1.54) is 0 Å². The summed E-state index contributed by atoms with van der Waals surface area (Å²) >= 11 is 0. The first kappa shape index (κ1) is 13.3. The lowest BCUT2D eigenvalue weighted by molar-refractivity contribution is 0.252. The van der Waals surface area contributed by atoms with Crippen molar-refractivity contribution < 1.29 is 9.90 Å². The Morgan fingerprint density at radius 3 is 2.81 bits per heavy atom. The topological polar surface area (TPSA) is 64.6 Å². The Labute approximate surface area is 123 Å². The summed E-state index contributed by atoms with van der Waals surface area (Å²) in [4.78, 5) is 13.4. The zero-order valence-electron chi connectivity index (χ0n) is 11.5. The molecule has 0 radical (unpaired) electrons. The average molecular weight is 283 g/mol. The highest BCUT2D eigenvalue weighted by atomic mass is 16.3. The second-order valence-corrected chi connectivity index (χ2v) is 4.96. The highest BCUT2D eigenvalue weighted by molar-refractivity contribution is 5.94. The molecule has 1 heterocycles. The van der Waals surface area contributed by atoms with Gasteiger partial charge in [-0.15, -0.1) is 0 Å². The van der Waals surface area contributed by atoms with Gasteiger partial charge in [0.1, 0.15) is 5.75 Å². The van der Waals surface area contributed by atoms with E-state index >= 15 is 0 Å². The molecule has 1 fully saturated rings. The van der Waals surface area contributed by atoms with Gasteiger partial charge in [0.05, 0.1) is 0 Å². The lowest BCUT2D eigenvalue weighted by atomic mass is 10.2. The van der Waals surface area contributed by atoms with Crippen LogP contribution >= 0.6 is 0 Å². The maximum absolute atomic E-state index is 11.7. The summed E-state index contributed by atoms with van der Waals surface area (Å²) in [6.07, 6.45) is 0. The quantitative estimate of drug-likeness (QED) is 0.808. The number of hydrogen-bond donors (Lipinski definition) is 3. The van der Waals surface area contributed by atoms with Gasteiger partial charge in [0.2, 0.25) is 0 Å². The van der Waals surface area contributed by atoms with Gasteiger partial charge in [0.15, 0.2) is 0 Å². The fourth-order valence-corrected chi connectivity index (χ4v) is 2.37. The number of rotatable bonds is 4. The van der Waals surface area contributed by atoms with Crippen LogP contribution in [0.5, 0.6) is 5.75 Å². The van der Waals surface area contributed by atoms with Crippen molar-refractivity contribution in [1.29, 1.82) is 0 Å². The maximum atomic E-state index is 11.7. The van der Waals surface area contributed by atoms with Crippen molar-refractivity contribution in [1.82, 2.24) is 5.32 Å². The van der Waals surface area contributed by atoms with Gasteiger partial charge in [-0.05, 0) is 35.9 Å². The number of nitrogens with one attached hydrogen (secondary N) is 2. The number of anilines is 2. The highest BCUT2D eigenvalue weighted by Gasteiger charge is 2.20. The smallest absolute Gasteiger partial charge is 0.321 e. The molecule has 0 spiro atoms. The average Bonchev–Trinajstić information content (AvgIpc) is 2.92. The number of carbonyl (C=O) groups is 1. The Hall–Kier alpha value is -2.69. The lowest BCUT2D eigenvalue weighted by Gasteiger charge is -2.16. The van der Waals surface area contributed by atoms with Gasteiger partial charge in [0, 0.05) is 31.0 Å². The Balaban J connectivity index is 1.70. The third-order valence-electron chi connectivity index (χ3n) is 3.42. The van der Waals surface area contributed by atoms with E-state index in [0.29, 0.717) is 19.6 Å². The first-order chi connectivity index (χ1) is 10.2. The molecule has 0 saturated carbocycles. The van der Waals surface area contributed by atoms with E-state index in [9.17, 15) is 9.90 Å². The van der Waals surface area contributed by atoms with Gasteiger partial charge in [-0.25, -0.2) is 4.79 Å². The van der Waals surface area contributed by atoms with E-state index < -0.39 is 0 Å². The Morgan fingerprint density at radius 2 is 2.05 bits per heavy atom. The molecule has 1 aliphatic heterocycles. The van der Waals surface area contributed by atoms with E-state index in [0.717, 1.165) is 16.9 Å². The molecule has 1 saturated heterocycles. The molecule has 5 nitrogen and oxygen atoms in total. The Kier molecular flexibility index (Phi) is 3.64. The lowest BCUT2D eigenvalue weighted by Crippen LogP contribution is -2.27. The number of carbonyl (C=O) groups excluding carboxylic acids is 1. The van der Waals surface area contributed by atoms with E-state index in [1.54, 1.807) is 17.0 Å². The number of aromatic hydroxyl groups is 1. The minimum atomic E-state index is -0.0554. The van der Waals surface area contributed by atoms with Crippen molar-refractivity contribution in [3.05, 3.63) is 54.1 Å². The fraction of sp³-hybridized carbons (Fsp3) is 0.188. The molecule has 0 aliphatic carbocycles. The van der Waals surface area contributed by atoms with Gasteiger partial charge < -0.3 is 15.7 Å². The zero-order valence-corrected chi connectivity index (χ0v) is 11.5. The molecule has 21 heavy (non-hydrogen) atoms. The predicted molar refractivity (Wildman–Crippen MR) is 82.6 cm³/mol. The van der Waals surface area contributed by atoms with Gasteiger partial charge in [-0.3, -0.25) is 4.90 Å². The Bertz CT molecular complexity index is 657. The summed E-state index contributed by atoms with van der Waals surface area (Å²) < 4.78 is 0. The molecule has 3 N–H and O–H groups in total. The predicted octanol–water partition coefficient (Wildman–Crippen LogP) is 2.53. The third kappa shape index (κ3) is 3.08. The van der Waals surface area contributed by atoms with E-state index in [-0.39, 0.29) is 11.8 Å². The standard InChI is InChI=1S/C16H17N3O2/c20-15-6-1-3-12(9-15)11-18-13-4-2-5-14(10-13)19-8-7-17-16(19)21/h1-6,9-10,18,20H,7-8,11H2,(H,17,21). The van der Waals surface area contributed by atoms with Crippen molar-refractivity contribution in [2.75, 3.05) is 23.3 Å². The summed E-state index contributed by atoms with van der Waals surface area (Å²) in [5.41, 5.74) is 2.82. The molecule has 0 atom stereocenters. The summed E-state index contributed by atoms with van der Waals surface area (Å²) in [5.74, 6) is 0.261. The zero-order chi connectivity index (χ0) is 14.7. The number of urea groups is 1. The normalized spacial score (nSPS) is 14.1. The number of nitrogens with zero attached hydrogens (tertiary/aromatic N) is 1. The molecule has 3 rings (SSSR count). The molecular formula is C16H17N3O2. The monoisotopic (exact) mass is 283 g/mol. The largest absolute Gasteiger partial charge is 0.508 e. The number of amides is 2. The molecule has 2 aromatic carbocycles. The number of hydrogen-bond acceptors (Lipinski definition) is 3. The number of phenolic OH excluding ortho intramolecular Hbond substituents is 1. The number of phenols is 1. The molecule has 5 heteroatoms. The van der Waals surface area contributed by atoms with E-state index in [1.807, 2.05) is 36.4 Å². The highest BCUT2D eigenvalue weighted by Crippen LogP contribution is 2.21. The van der Waals surface area contributed by atoms with Crippen LogP contribution in [0.15, 0.2) is 48.5 Å². The minimum Gasteiger partial charge on any atom is -0.508 e. The summed E-state index contributed by atoms with van der Waals surface area (Å²) in [6.45, 7) is 1.98. The van der Waals surface area contributed by atoms with Crippen LogP contribution in [-0.4, -0.2) is 24.2 Å². The minimum absolute atomic E-state index is 0.0554. The molecule has 2 aromatic rings. The van der Waals surface area contributed by atoms with Crippen molar-refractivity contribution in [2.45, 2.75) is 6.54 Å². The van der Waals surface area contributed by atoms with Crippen molar-refractivity contribution in [3.8, 4) is 5.75 Å². The van der Waals surface area contributed by atoms with Gasteiger partial charge in [0.25, 0.3) is 0 Å². The van der Waals surface area contributed by atoms with Crippen LogP contribution in [0.3, 0.4) is 0 Å². The SMILES string of the molecule is O=C1NCCN1c1cccc(NCc2cccc(O)c2)c1. The molecular weight excluding hydrogens is 266 g/mol. The molecule has 108 valence electrons. The molecule has 1 aliphatic rings. The fourth-order valence-electron chi connectivity index (χ4n) is 2.37. The van der Waals surface area contributed by atoms with Crippen LogP contribution < -0.4 is 15.5 Å². The maximum Gasteiger partial charge on any atom is 0.321 e. The summed E-state index contributed by atoms with van der Waals surface area (Å²) in [7, 11) is 0. The molecule has 0 unspecified atom stereocenters. The van der Waals surface area contributed by atoms with Crippen LogP contribution in [0.1, 0.15) is 5.56 Å². The summed E-state index contributed by atoms with van der Waals surface area (Å²) in [5, 5.41) is 15.5. The van der Waals surface area contributed by atoms with Crippen LogP contribution in [0.25, 0.3) is 0 Å². The van der Waals surface area contributed by atoms with Crippen molar-refractivity contribution >= 4 is 17.4 Å². The van der Waals surface area contributed by atoms with Gasteiger partial charge in [-0.2, -0.15) is 0 Å². The van der Waals surface area contributed by atoms with Crippen LogP contribution in [0.2, 0.25) is 0 Å². The first-order valence-electron chi connectivity index (χ1n) is 6.89. The third-order valence-corrected chi connectivity index (χ3v) is 3.42. The van der Waals surface area contributed by atoms with Crippen LogP contribution in [0, 0.1) is 0 Å². The van der Waals surface area contributed by atoms with E-state index in [4.69, 9.17) is 0 Å². The molecule has 2 amide bonds. The summed E-state index contributed by atoms with van der Waals surface area (Å²) in [6, 6.07) is 14.8. The number of benzene rings is 2. The Morgan fingerprint density at radius 1 is 1.19 bits per heavy atom. The second kappa shape index (κ2) is 5.75. The van der Waals surface area contributed by atoms with Crippen LogP contribution in [-0.2, 0) is 6.54 Å². The van der Waals surface area contributed by atoms with Gasteiger partial charge in [-0.1, -0.05) is 18.2 Å². The first-order valence-corrected chi connectivity index (χ1v) is 6.89. The van der Waals surface area contributed by atoms with Crippen molar-refractivity contribution in [2.24, 2.45) is 0 Å². The molecule has 0 bridgehead atoms. The van der Waals surface area contributed by atoms with Crippen molar-refractivity contribution in [3.63, 3.8) is 0 Å². The van der Waals surface area contributed by atoms with Crippen LogP contribution in [0.4, 0.5) is 16.2 Å². The van der Waals surface area contributed by atoms with Gasteiger partial charge >= 0.3 is 6.03 Å². The second-order valence-electron chi connectivity index (χ2n) is 4.96.